The van der Waals surface area contributed by atoms with Gasteiger partial charge in [-0.05, 0) is 12.1 Å². The second-order valence-electron chi connectivity index (χ2n) is 3.26. The van der Waals surface area contributed by atoms with Gasteiger partial charge in [-0.25, -0.2) is 14.4 Å². The van der Waals surface area contributed by atoms with Gasteiger partial charge in [-0.1, -0.05) is 0 Å². The molecule has 102 valence electrons. The third-order valence-corrected chi connectivity index (χ3v) is 3.03. The van der Waals surface area contributed by atoms with Crippen molar-refractivity contribution >= 4 is 28.0 Å². The lowest BCUT2D eigenvalue weighted by molar-refractivity contribution is 0.0644. The van der Waals surface area contributed by atoms with Gasteiger partial charge in [0.05, 0.1) is 16.7 Å². The zero-order valence-corrected chi connectivity index (χ0v) is 9.71. The standard InChI is InChI=1S/C9H6O9S/c10-7(11)3-1-2-4(8(12)13)6(19(16,17)18)5(3)9(14)15/h1-2H,(H,10,11)(H,12,13)(H,14,15)(H,16,17,18). The number of rotatable bonds is 4. The summed E-state index contributed by atoms with van der Waals surface area (Å²) >= 11 is 0. The summed E-state index contributed by atoms with van der Waals surface area (Å²) in [7, 11) is -5.24. The van der Waals surface area contributed by atoms with Crippen LogP contribution in [0.4, 0.5) is 0 Å². The molecule has 10 heteroatoms. The maximum Gasteiger partial charge on any atom is 0.338 e. The highest BCUT2D eigenvalue weighted by atomic mass is 32.2. The Balaban J connectivity index is 4.00. The Kier molecular flexibility index (Phi) is 3.58. The van der Waals surface area contributed by atoms with Crippen LogP contribution in [0.15, 0.2) is 17.0 Å². The van der Waals surface area contributed by atoms with E-state index in [2.05, 4.69) is 0 Å². The van der Waals surface area contributed by atoms with Crippen LogP contribution in [0, 0.1) is 0 Å². The van der Waals surface area contributed by atoms with E-state index in [1.165, 1.54) is 0 Å². The number of benzene rings is 1. The SMILES string of the molecule is O=C(O)c1ccc(C(=O)O)c(S(=O)(=O)O)c1C(=O)O. The van der Waals surface area contributed by atoms with E-state index >= 15 is 0 Å². The summed E-state index contributed by atoms with van der Waals surface area (Å²) in [5.41, 5.74) is -3.30. The maximum absolute atomic E-state index is 11.1. The van der Waals surface area contributed by atoms with Crippen LogP contribution in [0.2, 0.25) is 0 Å². The van der Waals surface area contributed by atoms with Crippen LogP contribution in [0.1, 0.15) is 31.1 Å². The van der Waals surface area contributed by atoms with Crippen molar-refractivity contribution in [1.82, 2.24) is 0 Å². The lowest BCUT2D eigenvalue weighted by atomic mass is 10.0. The highest BCUT2D eigenvalue weighted by molar-refractivity contribution is 7.86. The molecular formula is C9H6O9S. The normalized spacial score (nSPS) is 11.0. The van der Waals surface area contributed by atoms with Gasteiger partial charge in [0.25, 0.3) is 10.1 Å². The van der Waals surface area contributed by atoms with E-state index in [4.69, 9.17) is 19.9 Å². The molecule has 0 aliphatic rings. The van der Waals surface area contributed by atoms with Crippen molar-refractivity contribution in [2.24, 2.45) is 0 Å². The zero-order valence-electron chi connectivity index (χ0n) is 8.89. The molecule has 0 fully saturated rings. The molecule has 0 aromatic heterocycles. The largest absolute Gasteiger partial charge is 0.478 e. The average molecular weight is 290 g/mol. The molecule has 0 radical (unpaired) electrons. The predicted molar refractivity (Wildman–Crippen MR) is 57.1 cm³/mol. The smallest absolute Gasteiger partial charge is 0.338 e. The van der Waals surface area contributed by atoms with Gasteiger partial charge in [-0.15, -0.1) is 0 Å². The minimum atomic E-state index is -5.24. The third-order valence-electron chi connectivity index (χ3n) is 2.09. The topological polar surface area (TPSA) is 166 Å². The number of carbonyl (C=O) groups is 3. The van der Waals surface area contributed by atoms with Crippen LogP contribution < -0.4 is 0 Å². The highest BCUT2D eigenvalue weighted by Gasteiger charge is 2.32. The van der Waals surface area contributed by atoms with Gasteiger partial charge in [-0.3, -0.25) is 4.55 Å². The fraction of sp³-hybridized carbons (Fsp3) is 0. The summed E-state index contributed by atoms with van der Waals surface area (Å²) < 4.78 is 31.1. The molecule has 1 aromatic carbocycles. The number of hydrogen-bond donors (Lipinski definition) is 4. The van der Waals surface area contributed by atoms with Crippen molar-refractivity contribution in [1.29, 1.82) is 0 Å². The van der Waals surface area contributed by atoms with Crippen molar-refractivity contribution in [2.75, 3.05) is 0 Å². The van der Waals surface area contributed by atoms with E-state index in [0.29, 0.717) is 12.1 Å². The van der Waals surface area contributed by atoms with Crippen molar-refractivity contribution < 1.29 is 42.7 Å². The summed E-state index contributed by atoms with van der Waals surface area (Å²) in [6.07, 6.45) is 0. The molecule has 9 nitrogen and oxygen atoms in total. The highest BCUT2D eigenvalue weighted by Crippen LogP contribution is 2.25. The zero-order chi connectivity index (χ0) is 15.0. The summed E-state index contributed by atoms with van der Waals surface area (Å²) in [4.78, 5) is 31.1. The fourth-order valence-corrected chi connectivity index (χ4v) is 2.30. The summed E-state index contributed by atoms with van der Waals surface area (Å²) in [5.74, 6) is -5.60. The molecule has 4 N–H and O–H groups in total. The van der Waals surface area contributed by atoms with E-state index in [-0.39, 0.29) is 0 Å². The van der Waals surface area contributed by atoms with E-state index in [9.17, 15) is 22.8 Å². The molecule has 0 aliphatic heterocycles. The minimum Gasteiger partial charge on any atom is -0.478 e. The van der Waals surface area contributed by atoms with Gasteiger partial charge in [0.1, 0.15) is 4.90 Å². The van der Waals surface area contributed by atoms with Crippen molar-refractivity contribution in [3.05, 3.63) is 28.8 Å². The lowest BCUT2D eigenvalue weighted by Crippen LogP contribution is -2.18. The molecule has 1 rings (SSSR count). The first-order valence-corrected chi connectivity index (χ1v) is 5.85. The van der Waals surface area contributed by atoms with Crippen molar-refractivity contribution in [2.45, 2.75) is 4.90 Å². The molecule has 0 heterocycles. The first-order chi connectivity index (χ1) is 8.57. The average Bonchev–Trinajstić information content (AvgIpc) is 2.25. The lowest BCUT2D eigenvalue weighted by Gasteiger charge is -2.09. The number of aromatic carboxylic acids is 3. The van der Waals surface area contributed by atoms with Gasteiger partial charge in [0.15, 0.2) is 0 Å². The van der Waals surface area contributed by atoms with Gasteiger partial charge in [0.2, 0.25) is 0 Å². The van der Waals surface area contributed by atoms with Gasteiger partial charge < -0.3 is 15.3 Å². The Morgan fingerprint density at radius 3 is 1.58 bits per heavy atom. The fourth-order valence-electron chi connectivity index (χ4n) is 1.41. The number of carboxylic acid groups (broad SMARTS) is 3. The van der Waals surface area contributed by atoms with Crippen LogP contribution in [0.3, 0.4) is 0 Å². The van der Waals surface area contributed by atoms with E-state index in [0.717, 1.165) is 0 Å². The number of carboxylic acids is 3. The molecule has 0 aliphatic carbocycles. The molecule has 19 heavy (non-hydrogen) atoms. The first kappa shape index (κ1) is 14.6. The van der Waals surface area contributed by atoms with Crippen molar-refractivity contribution in [3.63, 3.8) is 0 Å². The van der Waals surface area contributed by atoms with Crippen molar-refractivity contribution in [3.8, 4) is 0 Å². The van der Waals surface area contributed by atoms with Crippen LogP contribution in [0.25, 0.3) is 0 Å². The molecule has 0 unspecified atom stereocenters. The molecule has 0 saturated heterocycles. The molecule has 0 saturated carbocycles. The van der Waals surface area contributed by atoms with Gasteiger partial charge >= 0.3 is 17.9 Å². The van der Waals surface area contributed by atoms with Crippen LogP contribution in [-0.4, -0.2) is 46.2 Å². The Labute approximate surface area is 105 Å². The molecule has 0 amide bonds. The molecule has 0 atom stereocenters. The third kappa shape index (κ3) is 2.69. The quantitative estimate of drug-likeness (QED) is 0.559. The van der Waals surface area contributed by atoms with E-state index in [1.807, 2.05) is 0 Å². The Hall–Kier alpha value is -2.46. The molecule has 0 spiro atoms. The molecule has 1 aromatic rings. The first-order valence-electron chi connectivity index (χ1n) is 4.41. The van der Waals surface area contributed by atoms with Crippen LogP contribution in [0.5, 0.6) is 0 Å². The monoisotopic (exact) mass is 290 g/mol. The van der Waals surface area contributed by atoms with Gasteiger partial charge in [0, 0.05) is 0 Å². The Bertz CT molecular complexity index is 686. The maximum atomic E-state index is 11.1. The summed E-state index contributed by atoms with van der Waals surface area (Å²) in [6, 6.07) is 1.21. The number of hydrogen-bond acceptors (Lipinski definition) is 5. The minimum absolute atomic E-state index is 0.585. The summed E-state index contributed by atoms with van der Waals surface area (Å²) in [6.45, 7) is 0. The Morgan fingerprint density at radius 1 is 0.842 bits per heavy atom. The van der Waals surface area contributed by atoms with Gasteiger partial charge in [-0.2, -0.15) is 8.42 Å². The van der Waals surface area contributed by atoms with Crippen LogP contribution in [-0.2, 0) is 10.1 Å². The predicted octanol–water partition coefficient (Wildman–Crippen LogP) is 0.0279. The Morgan fingerprint density at radius 2 is 1.26 bits per heavy atom. The van der Waals surface area contributed by atoms with E-state index in [1.54, 1.807) is 0 Å². The second kappa shape index (κ2) is 4.66. The van der Waals surface area contributed by atoms with Crippen LogP contribution >= 0.6 is 0 Å². The summed E-state index contributed by atoms with van der Waals surface area (Å²) in [5, 5.41) is 26.3. The molecule has 0 bridgehead atoms. The molecular weight excluding hydrogens is 284 g/mol. The van der Waals surface area contributed by atoms with E-state index < -0.39 is 49.6 Å². The second-order valence-corrected chi connectivity index (χ2v) is 4.61.